The molecule has 0 aliphatic rings. The van der Waals surface area contributed by atoms with E-state index < -0.39 is 12.1 Å². The highest BCUT2D eigenvalue weighted by Crippen LogP contribution is 2.28. The molecule has 3 nitrogen and oxygen atoms in total. The Hall–Kier alpha value is -2.00. The van der Waals surface area contributed by atoms with Crippen molar-refractivity contribution in [1.82, 2.24) is 0 Å². The smallest absolute Gasteiger partial charge is 0.352 e. The zero-order chi connectivity index (χ0) is 15.2. The molecule has 0 heterocycles. The lowest BCUT2D eigenvalue weighted by Crippen LogP contribution is -2.21. The standard InChI is InChI=1S/C17H17ClO3/c1-3-20-17(19)16(13-7-5-4-6-8-13)21-15-11-14(18)10-9-12(15)2/h4-11,16H,3H2,1-2H3. The lowest BCUT2D eigenvalue weighted by Gasteiger charge is -2.19. The van der Waals surface area contributed by atoms with Gasteiger partial charge in [0, 0.05) is 10.6 Å². The average Bonchev–Trinajstić information content (AvgIpc) is 2.49. The Bertz CT molecular complexity index is 611. The largest absolute Gasteiger partial charge is 0.474 e. The Morgan fingerprint density at radius 3 is 2.57 bits per heavy atom. The second kappa shape index (κ2) is 7.14. The number of carbonyl (C=O) groups is 1. The van der Waals surface area contributed by atoms with Crippen LogP contribution < -0.4 is 4.74 Å². The van der Waals surface area contributed by atoms with E-state index in [0.717, 1.165) is 11.1 Å². The van der Waals surface area contributed by atoms with Crippen LogP contribution in [0.15, 0.2) is 48.5 Å². The molecule has 0 saturated heterocycles. The predicted molar refractivity (Wildman–Crippen MR) is 82.6 cm³/mol. The minimum atomic E-state index is -0.802. The number of aryl methyl sites for hydroxylation is 1. The maximum atomic E-state index is 12.2. The summed E-state index contributed by atoms with van der Waals surface area (Å²) < 4.78 is 11.0. The van der Waals surface area contributed by atoms with Crippen molar-refractivity contribution in [2.24, 2.45) is 0 Å². The Morgan fingerprint density at radius 1 is 1.19 bits per heavy atom. The van der Waals surface area contributed by atoms with Crippen LogP contribution in [-0.4, -0.2) is 12.6 Å². The van der Waals surface area contributed by atoms with Crippen LogP contribution in [0.2, 0.25) is 5.02 Å². The average molecular weight is 305 g/mol. The van der Waals surface area contributed by atoms with E-state index in [2.05, 4.69) is 0 Å². The molecule has 0 fully saturated rings. The number of ether oxygens (including phenoxy) is 2. The molecule has 21 heavy (non-hydrogen) atoms. The van der Waals surface area contributed by atoms with E-state index in [-0.39, 0.29) is 0 Å². The molecule has 0 bridgehead atoms. The molecule has 0 amide bonds. The van der Waals surface area contributed by atoms with E-state index in [1.54, 1.807) is 19.1 Å². The first-order valence-corrected chi connectivity index (χ1v) is 7.14. The van der Waals surface area contributed by atoms with Crippen molar-refractivity contribution >= 4 is 17.6 Å². The molecule has 0 aliphatic carbocycles. The number of hydrogen-bond acceptors (Lipinski definition) is 3. The molecule has 4 heteroatoms. The normalized spacial score (nSPS) is 11.8. The van der Waals surface area contributed by atoms with Gasteiger partial charge in [-0.25, -0.2) is 4.79 Å². The molecular weight excluding hydrogens is 288 g/mol. The van der Waals surface area contributed by atoms with Gasteiger partial charge in [-0.3, -0.25) is 0 Å². The van der Waals surface area contributed by atoms with Crippen LogP contribution in [-0.2, 0) is 9.53 Å². The van der Waals surface area contributed by atoms with Crippen LogP contribution in [0.1, 0.15) is 24.2 Å². The van der Waals surface area contributed by atoms with Gasteiger partial charge in [-0.15, -0.1) is 0 Å². The van der Waals surface area contributed by atoms with Gasteiger partial charge in [-0.2, -0.15) is 0 Å². The Morgan fingerprint density at radius 2 is 1.90 bits per heavy atom. The minimum Gasteiger partial charge on any atom is -0.474 e. The van der Waals surface area contributed by atoms with Crippen LogP contribution in [0.3, 0.4) is 0 Å². The van der Waals surface area contributed by atoms with Gasteiger partial charge in [-0.1, -0.05) is 48.0 Å². The highest BCUT2D eigenvalue weighted by molar-refractivity contribution is 6.30. The van der Waals surface area contributed by atoms with Gasteiger partial charge in [0.2, 0.25) is 6.10 Å². The van der Waals surface area contributed by atoms with Gasteiger partial charge in [0.1, 0.15) is 5.75 Å². The lowest BCUT2D eigenvalue weighted by atomic mass is 10.1. The third-order valence-electron chi connectivity index (χ3n) is 3.00. The molecule has 2 aromatic carbocycles. The first-order valence-electron chi connectivity index (χ1n) is 6.76. The first-order chi connectivity index (χ1) is 10.1. The second-order valence-corrected chi connectivity index (χ2v) is 5.01. The third-order valence-corrected chi connectivity index (χ3v) is 3.23. The molecule has 0 aromatic heterocycles. The highest BCUT2D eigenvalue weighted by atomic mass is 35.5. The second-order valence-electron chi connectivity index (χ2n) is 4.57. The lowest BCUT2D eigenvalue weighted by molar-refractivity contribution is -0.151. The zero-order valence-electron chi connectivity index (χ0n) is 12.0. The van der Waals surface area contributed by atoms with E-state index in [1.165, 1.54) is 0 Å². The first kappa shape index (κ1) is 15.4. The number of benzene rings is 2. The molecule has 2 rings (SSSR count). The van der Waals surface area contributed by atoms with Crippen LogP contribution >= 0.6 is 11.6 Å². The third kappa shape index (κ3) is 3.99. The highest BCUT2D eigenvalue weighted by Gasteiger charge is 2.24. The SMILES string of the molecule is CCOC(=O)C(Oc1cc(Cl)ccc1C)c1ccccc1. The number of hydrogen-bond donors (Lipinski definition) is 0. The molecule has 0 spiro atoms. The zero-order valence-corrected chi connectivity index (χ0v) is 12.8. The van der Waals surface area contributed by atoms with E-state index in [1.807, 2.05) is 43.3 Å². The van der Waals surface area contributed by atoms with Gasteiger partial charge >= 0.3 is 5.97 Å². The fourth-order valence-electron chi connectivity index (χ4n) is 1.93. The molecule has 0 radical (unpaired) electrons. The van der Waals surface area contributed by atoms with Crippen LogP contribution in [0.25, 0.3) is 0 Å². The van der Waals surface area contributed by atoms with Gasteiger partial charge < -0.3 is 9.47 Å². The summed E-state index contributed by atoms with van der Waals surface area (Å²) in [5.74, 6) is 0.160. The molecule has 0 N–H and O–H groups in total. The van der Waals surface area contributed by atoms with E-state index >= 15 is 0 Å². The number of esters is 1. The predicted octanol–water partition coefficient (Wildman–Crippen LogP) is 4.33. The minimum absolute atomic E-state index is 0.306. The van der Waals surface area contributed by atoms with Crippen LogP contribution in [0.5, 0.6) is 5.75 Å². The summed E-state index contributed by atoms with van der Waals surface area (Å²) in [5.41, 5.74) is 1.65. The van der Waals surface area contributed by atoms with Gasteiger partial charge in [0.05, 0.1) is 6.61 Å². The number of carbonyl (C=O) groups excluding carboxylic acids is 1. The fraction of sp³-hybridized carbons (Fsp3) is 0.235. The molecular formula is C17H17ClO3. The van der Waals surface area contributed by atoms with Gasteiger partial charge in [0.15, 0.2) is 0 Å². The van der Waals surface area contributed by atoms with Crippen molar-refractivity contribution in [1.29, 1.82) is 0 Å². The summed E-state index contributed by atoms with van der Waals surface area (Å²) in [6.07, 6.45) is -0.802. The number of halogens is 1. The quantitative estimate of drug-likeness (QED) is 0.771. The van der Waals surface area contributed by atoms with Crippen LogP contribution in [0, 0.1) is 6.92 Å². The summed E-state index contributed by atoms with van der Waals surface area (Å²) >= 11 is 5.99. The van der Waals surface area contributed by atoms with Crippen molar-refractivity contribution in [2.75, 3.05) is 6.61 Å². The van der Waals surface area contributed by atoms with E-state index in [4.69, 9.17) is 21.1 Å². The maximum Gasteiger partial charge on any atom is 0.352 e. The van der Waals surface area contributed by atoms with E-state index in [0.29, 0.717) is 17.4 Å². The van der Waals surface area contributed by atoms with E-state index in [9.17, 15) is 4.79 Å². The van der Waals surface area contributed by atoms with Crippen molar-refractivity contribution in [2.45, 2.75) is 20.0 Å². The van der Waals surface area contributed by atoms with Crippen molar-refractivity contribution in [3.63, 3.8) is 0 Å². The summed E-state index contributed by atoms with van der Waals surface area (Å²) in [7, 11) is 0. The van der Waals surface area contributed by atoms with Gasteiger partial charge in [-0.05, 0) is 31.5 Å². The summed E-state index contributed by atoms with van der Waals surface area (Å²) in [5, 5.41) is 0.561. The molecule has 110 valence electrons. The van der Waals surface area contributed by atoms with Crippen molar-refractivity contribution in [3.8, 4) is 5.75 Å². The molecule has 1 atom stereocenters. The van der Waals surface area contributed by atoms with Gasteiger partial charge in [0.25, 0.3) is 0 Å². The summed E-state index contributed by atoms with van der Waals surface area (Å²) in [6.45, 7) is 3.98. The van der Waals surface area contributed by atoms with Crippen LogP contribution in [0.4, 0.5) is 0 Å². The Kier molecular flexibility index (Phi) is 5.23. The Balaban J connectivity index is 2.32. The fourth-order valence-corrected chi connectivity index (χ4v) is 2.09. The summed E-state index contributed by atoms with van der Waals surface area (Å²) in [4.78, 5) is 12.2. The monoisotopic (exact) mass is 304 g/mol. The molecule has 0 aliphatic heterocycles. The summed E-state index contributed by atoms with van der Waals surface area (Å²) in [6, 6.07) is 14.6. The molecule has 1 unspecified atom stereocenters. The van der Waals surface area contributed by atoms with Crippen molar-refractivity contribution in [3.05, 3.63) is 64.7 Å². The Labute approximate surface area is 129 Å². The maximum absolute atomic E-state index is 12.2. The molecule has 0 saturated carbocycles. The molecule has 2 aromatic rings. The van der Waals surface area contributed by atoms with Crippen molar-refractivity contribution < 1.29 is 14.3 Å². The number of rotatable bonds is 5. The topological polar surface area (TPSA) is 35.5 Å².